The number of para-hydroxylation sites is 2. The summed E-state index contributed by atoms with van der Waals surface area (Å²) < 4.78 is 4.62. The predicted octanol–water partition coefficient (Wildman–Crippen LogP) is 2.31. The lowest BCUT2D eigenvalue weighted by atomic mass is 10.1. The van der Waals surface area contributed by atoms with Crippen LogP contribution in [0.5, 0.6) is 5.75 Å². The van der Waals surface area contributed by atoms with Crippen molar-refractivity contribution in [3.05, 3.63) is 71.4 Å². The Kier molecular flexibility index (Phi) is 6.34. The monoisotopic (exact) mass is 351 g/mol. The Morgan fingerprint density at radius 2 is 1.88 bits per heavy atom. The molecular weight excluding hydrogens is 334 g/mol. The SMILES string of the molecule is COC(=O)c1ccc(CN/C=C(/C#N)C(=O)Nc2ccccc2O)cc1. The van der Waals surface area contributed by atoms with Gasteiger partial charge in [0.1, 0.15) is 17.4 Å². The van der Waals surface area contributed by atoms with Gasteiger partial charge < -0.3 is 20.5 Å². The molecule has 1 amide bonds. The van der Waals surface area contributed by atoms with Crippen LogP contribution in [0.25, 0.3) is 0 Å². The van der Waals surface area contributed by atoms with Crippen molar-refractivity contribution >= 4 is 17.6 Å². The van der Waals surface area contributed by atoms with Crippen LogP contribution in [0.15, 0.2) is 60.3 Å². The van der Waals surface area contributed by atoms with E-state index in [4.69, 9.17) is 5.26 Å². The second kappa shape index (κ2) is 8.89. The number of carbonyl (C=O) groups is 2. The zero-order valence-corrected chi connectivity index (χ0v) is 14.0. The molecule has 0 spiro atoms. The topological polar surface area (TPSA) is 111 Å². The fourth-order valence-electron chi connectivity index (χ4n) is 2.07. The summed E-state index contributed by atoms with van der Waals surface area (Å²) in [5.41, 5.74) is 1.37. The zero-order valence-electron chi connectivity index (χ0n) is 14.0. The molecule has 26 heavy (non-hydrogen) atoms. The zero-order chi connectivity index (χ0) is 18.9. The van der Waals surface area contributed by atoms with E-state index in [0.29, 0.717) is 12.1 Å². The standard InChI is InChI=1S/C19H17N3O4/c1-26-19(25)14-8-6-13(7-9-14)11-21-12-15(10-20)18(24)22-16-4-2-3-5-17(16)23/h2-9,12,21,23H,11H2,1H3,(H,22,24)/b15-12-. The van der Waals surface area contributed by atoms with Gasteiger partial charge in [-0.1, -0.05) is 24.3 Å². The minimum absolute atomic E-state index is 0.0863. The third-order valence-corrected chi connectivity index (χ3v) is 3.44. The number of hydrogen-bond donors (Lipinski definition) is 3. The highest BCUT2D eigenvalue weighted by molar-refractivity contribution is 6.07. The van der Waals surface area contributed by atoms with Crippen LogP contribution in [0.2, 0.25) is 0 Å². The molecule has 2 rings (SSSR count). The number of phenols is 1. The summed E-state index contributed by atoms with van der Waals surface area (Å²) in [6.45, 7) is 0.358. The molecule has 0 atom stereocenters. The van der Waals surface area contributed by atoms with Gasteiger partial charge >= 0.3 is 5.97 Å². The van der Waals surface area contributed by atoms with E-state index in [0.717, 1.165) is 5.56 Å². The maximum Gasteiger partial charge on any atom is 0.337 e. The van der Waals surface area contributed by atoms with E-state index in [1.54, 1.807) is 42.5 Å². The Hall–Kier alpha value is -3.79. The molecule has 0 saturated heterocycles. The third-order valence-electron chi connectivity index (χ3n) is 3.44. The van der Waals surface area contributed by atoms with Crippen molar-refractivity contribution < 1.29 is 19.4 Å². The fraction of sp³-hybridized carbons (Fsp3) is 0.105. The molecule has 7 nitrogen and oxygen atoms in total. The average Bonchev–Trinajstić information content (AvgIpc) is 2.66. The molecule has 0 aliphatic carbocycles. The summed E-state index contributed by atoms with van der Waals surface area (Å²) in [5, 5.41) is 24.1. The molecule has 0 aliphatic heterocycles. The Balaban J connectivity index is 1.97. The quantitative estimate of drug-likeness (QED) is 0.319. The molecule has 0 heterocycles. The van der Waals surface area contributed by atoms with Gasteiger partial charge in [0.15, 0.2) is 0 Å². The highest BCUT2D eigenvalue weighted by atomic mass is 16.5. The van der Waals surface area contributed by atoms with Crippen LogP contribution in [0, 0.1) is 11.3 Å². The second-order valence-corrected chi connectivity index (χ2v) is 5.21. The van der Waals surface area contributed by atoms with Gasteiger partial charge in [-0.2, -0.15) is 5.26 Å². The smallest absolute Gasteiger partial charge is 0.337 e. The number of hydrogen-bond acceptors (Lipinski definition) is 6. The number of aromatic hydroxyl groups is 1. The molecule has 2 aromatic rings. The number of anilines is 1. The largest absolute Gasteiger partial charge is 0.506 e. The van der Waals surface area contributed by atoms with Gasteiger partial charge in [-0.25, -0.2) is 4.79 Å². The molecule has 7 heteroatoms. The predicted molar refractivity (Wildman–Crippen MR) is 95.1 cm³/mol. The normalized spacial score (nSPS) is 10.5. The van der Waals surface area contributed by atoms with Crippen molar-refractivity contribution in [2.24, 2.45) is 0 Å². The fourth-order valence-corrected chi connectivity index (χ4v) is 2.07. The summed E-state index contributed by atoms with van der Waals surface area (Å²) in [4.78, 5) is 23.5. The molecule has 0 fully saturated rings. The number of carbonyl (C=O) groups excluding carboxylic acids is 2. The second-order valence-electron chi connectivity index (χ2n) is 5.21. The number of nitriles is 1. The van der Waals surface area contributed by atoms with E-state index in [1.807, 2.05) is 0 Å². The molecule has 0 unspecified atom stereocenters. The molecule has 0 aromatic heterocycles. The number of amides is 1. The number of phenolic OH excluding ortho intramolecular Hbond substituents is 1. The number of ether oxygens (including phenoxy) is 1. The summed E-state index contributed by atoms with van der Waals surface area (Å²) in [5.74, 6) is -1.14. The number of benzene rings is 2. The first-order chi connectivity index (χ1) is 12.5. The minimum atomic E-state index is -0.637. The van der Waals surface area contributed by atoms with Crippen molar-refractivity contribution in [2.75, 3.05) is 12.4 Å². The van der Waals surface area contributed by atoms with E-state index in [1.165, 1.54) is 25.4 Å². The number of methoxy groups -OCH3 is 1. The van der Waals surface area contributed by atoms with Crippen molar-refractivity contribution in [3.8, 4) is 11.8 Å². The summed E-state index contributed by atoms with van der Waals surface area (Å²) in [6, 6.07) is 14.8. The molecule has 0 radical (unpaired) electrons. The summed E-state index contributed by atoms with van der Waals surface area (Å²) in [6.07, 6.45) is 1.30. The molecular formula is C19H17N3O4. The van der Waals surface area contributed by atoms with Gasteiger partial charge in [0.25, 0.3) is 5.91 Å². The van der Waals surface area contributed by atoms with Crippen molar-refractivity contribution in [1.82, 2.24) is 5.32 Å². The Labute approximate surface area is 150 Å². The van der Waals surface area contributed by atoms with Gasteiger partial charge in [0.2, 0.25) is 0 Å². The molecule has 2 aromatic carbocycles. The van der Waals surface area contributed by atoms with Crippen LogP contribution in [-0.4, -0.2) is 24.1 Å². The number of esters is 1. The lowest BCUT2D eigenvalue weighted by Gasteiger charge is -2.07. The Bertz CT molecular complexity index is 867. The van der Waals surface area contributed by atoms with E-state index in [-0.39, 0.29) is 17.0 Å². The third kappa shape index (κ3) is 4.85. The van der Waals surface area contributed by atoms with Gasteiger partial charge in [-0.3, -0.25) is 4.79 Å². The highest BCUT2D eigenvalue weighted by Crippen LogP contribution is 2.21. The average molecular weight is 351 g/mol. The summed E-state index contributed by atoms with van der Waals surface area (Å²) >= 11 is 0. The number of rotatable bonds is 6. The van der Waals surface area contributed by atoms with Crippen LogP contribution in [0.4, 0.5) is 5.69 Å². The number of nitrogens with zero attached hydrogens (tertiary/aromatic N) is 1. The van der Waals surface area contributed by atoms with E-state index >= 15 is 0 Å². The van der Waals surface area contributed by atoms with Crippen LogP contribution in [-0.2, 0) is 16.1 Å². The molecule has 0 saturated carbocycles. The van der Waals surface area contributed by atoms with E-state index in [9.17, 15) is 14.7 Å². The molecule has 3 N–H and O–H groups in total. The minimum Gasteiger partial charge on any atom is -0.506 e. The van der Waals surface area contributed by atoms with Crippen molar-refractivity contribution in [2.45, 2.75) is 6.54 Å². The Morgan fingerprint density at radius 1 is 1.19 bits per heavy atom. The molecule has 0 bridgehead atoms. The first kappa shape index (κ1) is 18.5. The van der Waals surface area contributed by atoms with Crippen LogP contribution >= 0.6 is 0 Å². The van der Waals surface area contributed by atoms with Crippen molar-refractivity contribution in [1.29, 1.82) is 5.26 Å². The molecule has 132 valence electrons. The first-order valence-corrected chi connectivity index (χ1v) is 7.65. The Morgan fingerprint density at radius 3 is 2.50 bits per heavy atom. The van der Waals surface area contributed by atoms with Gasteiger partial charge in [0, 0.05) is 12.7 Å². The highest BCUT2D eigenvalue weighted by Gasteiger charge is 2.11. The van der Waals surface area contributed by atoms with Gasteiger partial charge in [-0.15, -0.1) is 0 Å². The number of nitrogens with one attached hydrogen (secondary N) is 2. The van der Waals surface area contributed by atoms with Gasteiger partial charge in [-0.05, 0) is 29.8 Å². The van der Waals surface area contributed by atoms with Gasteiger partial charge in [0.05, 0.1) is 18.4 Å². The maximum absolute atomic E-state index is 12.1. The first-order valence-electron chi connectivity index (χ1n) is 7.65. The van der Waals surface area contributed by atoms with E-state index < -0.39 is 11.9 Å². The maximum atomic E-state index is 12.1. The summed E-state index contributed by atoms with van der Waals surface area (Å²) in [7, 11) is 1.31. The van der Waals surface area contributed by atoms with Crippen LogP contribution in [0.1, 0.15) is 15.9 Å². The molecule has 0 aliphatic rings. The van der Waals surface area contributed by atoms with Crippen LogP contribution < -0.4 is 10.6 Å². The lowest BCUT2D eigenvalue weighted by molar-refractivity contribution is -0.112. The van der Waals surface area contributed by atoms with Crippen LogP contribution in [0.3, 0.4) is 0 Å². The lowest BCUT2D eigenvalue weighted by Crippen LogP contribution is -2.16. The van der Waals surface area contributed by atoms with E-state index in [2.05, 4.69) is 15.4 Å². The van der Waals surface area contributed by atoms with Crippen molar-refractivity contribution in [3.63, 3.8) is 0 Å².